The summed E-state index contributed by atoms with van der Waals surface area (Å²) in [5.41, 5.74) is 1.53. The number of ether oxygens (including phenoxy) is 2. The molecule has 0 aromatic rings. The van der Waals surface area contributed by atoms with Crippen molar-refractivity contribution in [3.8, 4) is 0 Å². The van der Waals surface area contributed by atoms with E-state index in [2.05, 4.69) is 21.2 Å². The minimum atomic E-state index is -1.29. The highest BCUT2D eigenvalue weighted by Gasteiger charge is 2.49. The number of hydrogen-bond donors (Lipinski definition) is 4. The maximum Gasteiger partial charge on any atom is 0.270 e. The molecule has 0 aromatic carbocycles. The predicted molar refractivity (Wildman–Crippen MR) is 93.0 cm³/mol. The first-order valence-electron chi connectivity index (χ1n) is 8.96. The molecular weight excluding hydrogens is 340 g/mol. The molecule has 2 amide bonds. The lowest BCUT2D eigenvalue weighted by molar-refractivity contribution is -0.131. The third-order valence-corrected chi connectivity index (χ3v) is 4.94. The average Bonchev–Trinajstić information content (AvgIpc) is 3.40. The summed E-state index contributed by atoms with van der Waals surface area (Å²) in [4.78, 5) is 24.6. The molecule has 4 N–H and O–H groups in total. The van der Waals surface area contributed by atoms with Gasteiger partial charge in [-0.15, -0.1) is 0 Å². The molecular formula is C17H26N4O5. The Kier molecular flexibility index (Phi) is 5.90. The molecule has 2 aliphatic carbocycles. The van der Waals surface area contributed by atoms with E-state index in [9.17, 15) is 14.7 Å². The van der Waals surface area contributed by atoms with Gasteiger partial charge < -0.3 is 25.2 Å². The minimum Gasteiger partial charge on any atom is -0.380 e. The largest absolute Gasteiger partial charge is 0.380 e. The summed E-state index contributed by atoms with van der Waals surface area (Å²) >= 11 is 0. The van der Waals surface area contributed by atoms with Crippen molar-refractivity contribution in [2.45, 2.75) is 62.3 Å². The second-order valence-electron chi connectivity index (χ2n) is 6.99. The van der Waals surface area contributed by atoms with Crippen molar-refractivity contribution in [1.82, 2.24) is 16.1 Å². The van der Waals surface area contributed by atoms with Gasteiger partial charge in [-0.25, -0.2) is 0 Å². The molecule has 9 heteroatoms. The van der Waals surface area contributed by atoms with Crippen LogP contribution in [0.2, 0.25) is 0 Å². The molecule has 0 bridgehead atoms. The van der Waals surface area contributed by atoms with Crippen molar-refractivity contribution in [3.05, 3.63) is 12.3 Å². The molecule has 1 atom stereocenters. The van der Waals surface area contributed by atoms with Gasteiger partial charge >= 0.3 is 0 Å². The maximum absolute atomic E-state index is 12.6. The van der Waals surface area contributed by atoms with Gasteiger partial charge in [0.15, 0.2) is 5.71 Å². The van der Waals surface area contributed by atoms with Gasteiger partial charge in [0, 0.05) is 19.4 Å². The van der Waals surface area contributed by atoms with Crippen LogP contribution in [0.3, 0.4) is 0 Å². The first-order chi connectivity index (χ1) is 12.5. The monoisotopic (exact) mass is 366 g/mol. The number of carbonyl (C=O) groups is 2. The standard InChI is InChI=1S/C17H26N4O5/c1-25-10-26-12-4-2-11(3-5-12)19-15(22)14-13(6-9-18-21-14)20-16(23)17(24)7-8-17/h6,9,11-13,18,24H,2-5,7-8,10H2,1H3,(H,19,22)(H,20,23). The fourth-order valence-electron chi connectivity index (χ4n) is 3.13. The lowest BCUT2D eigenvalue weighted by atomic mass is 9.92. The Morgan fingerprint density at radius 1 is 1.31 bits per heavy atom. The van der Waals surface area contributed by atoms with Crippen molar-refractivity contribution in [2.24, 2.45) is 5.10 Å². The molecule has 1 aliphatic heterocycles. The number of hydrogen-bond acceptors (Lipinski definition) is 7. The molecule has 3 aliphatic rings. The predicted octanol–water partition coefficient (Wildman–Crippen LogP) is -0.483. The number of nitrogens with zero attached hydrogens (tertiary/aromatic N) is 1. The van der Waals surface area contributed by atoms with Gasteiger partial charge in [0.05, 0.1) is 12.1 Å². The smallest absolute Gasteiger partial charge is 0.270 e. The van der Waals surface area contributed by atoms with Crippen LogP contribution in [0.25, 0.3) is 0 Å². The van der Waals surface area contributed by atoms with E-state index < -0.39 is 17.6 Å². The van der Waals surface area contributed by atoms with Gasteiger partial charge in [-0.2, -0.15) is 5.10 Å². The molecule has 1 unspecified atom stereocenters. The second-order valence-corrected chi connectivity index (χ2v) is 6.99. The molecule has 0 spiro atoms. The highest BCUT2D eigenvalue weighted by molar-refractivity contribution is 6.41. The zero-order valence-corrected chi connectivity index (χ0v) is 14.9. The summed E-state index contributed by atoms with van der Waals surface area (Å²) in [7, 11) is 1.59. The Labute approximate surface area is 152 Å². The van der Waals surface area contributed by atoms with Gasteiger partial charge in [-0.3, -0.25) is 15.0 Å². The summed E-state index contributed by atoms with van der Waals surface area (Å²) in [6.07, 6.45) is 7.57. The molecule has 2 fully saturated rings. The highest BCUT2D eigenvalue weighted by Crippen LogP contribution is 2.35. The highest BCUT2D eigenvalue weighted by atomic mass is 16.7. The lowest BCUT2D eigenvalue weighted by Gasteiger charge is -2.29. The number of aliphatic hydroxyl groups is 1. The Morgan fingerprint density at radius 2 is 2.04 bits per heavy atom. The number of rotatable bonds is 7. The van der Waals surface area contributed by atoms with Crippen LogP contribution in [0.1, 0.15) is 38.5 Å². The molecule has 9 nitrogen and oxygen atoms in total. The van der Waals surface area contributed by atoms with Crippen LogP contribution in [0.15, 0.2) is 17.4 Å². The van der Waals surface area contributed by atoms with Crippen LogP contribution in [0.5, 0.6) is 0 Å². The van der Waals surface area contributed by atoms with Crippen LogP contribution in [-0.4, -0.2) is 60.3 Å². The molecule has 0 aromatic heterocycles. The minimum absolute atomic E-state index is 0.0440. The molecule has 1 heterocycles. The van der Waals surface area contributed by atoms with E-state index in [0.29, 0.717) is 12.8 Å². The van der Waals surface area contributed by atoms with Gasteiger partial charge in [0.1, 0.15) is 12.4 Å². The van der Waals surface area contributed by atoms with Crippen molar-refractivity contribution < 1.29 is 24.2 Å². The zero-order chi connectivity index (χ0) is 18.6. The molecule has 2 saturated carbocycles. The van der Waals surface area contributed by atoms with E-state index in [1.807, 2.05) is 0 Å². The zero-order valence-electron chi connectivity index (χ0n) is 14.9. The third kappa shape index (κ3) is 4.60. The van der Waals surface area contributed by atoms with E-state index in [4.69, 9.17) is 9.47 Å². The van der Waals surface area contributed by atoms with Crippen LogP contribution in [0, 0.1) is 0 Å². The van der Waals surface area contributed by atoms with Crippen LogP contribution >= 0.6 is 0 Å². The Hall–Kier alpha value is -1.97. The van der Waals surface area contributed by atoms with Gasteiger partial charge in [0.25, 0.3) is 11.8 Å². The molecule has 3 rings (SSSR count). The van der Waals surface area contributed by atoms with Crippen LogP contribution < -0.4 is 16.1 Å². The average molecular weight is 366 g/mol. The topological polar surface area (TPSA) is 121 Å². The number of hydrazone groups is 1. The Bertz CT molecular complexity index is 594. The van der Waals surface area contributed by atoms with Gasteiger partial charge in [0.2, 0.25) is 0 Å². The van der Waals surface area contributed by atoms with Gasteiger partial charge in [-0.05, 0) is 44.6 Å². The van der Waals surface area contributed by atoms with Gasteiger partial charge in [-0.1, -0.05) is 0 Å². The number of methoxy groups -OCH3 is 1. The van der Waals surface area contributed by atoms with E-state index in [-0.39, 0.29) is 30.6 Å². The quantitative estimate of drug-likeness (QED) is 0.452. The first-order valence-corrected chi connectivity index (χ1v) is 8.96. The van der Waals surface area contributed by atoms with Crippen molar-refractivity contribution in [1.29, 1.82) is 0 Å². The van der Waals surface area contributed by atoms with Crippen molar-refractivity contribution >= 4 is 17.5 Å². The van der Waals surface area contributed by atoms with E-state index in [1.165, 1.54) is 0 Å². The number of amides is 2. The second kappa shape index (κ2) is 8.15. The SMILES string of the molecule is COCOC1CCC(NC(=O)C2=NNC=CC2NC(=O)C2(O)CC2)CC1. The maximum atomic E-state index is 12.6. The van der Waals surface area contributed by atoms with E-state index >= 15 is 0 Å². The Balaban J connectivity index is 1.50. The normalized spacial score (nSPS) is 29.3. The molecule has 0 saturated heterocycles. The first kappa shape index (κ1) is 18.8. The molecule has 144 valence electrons. The summed E-state index contributed by atoms with van der Waals surface area (Å²) in [6, 6.07) is -0.614. The van der Waals surface area contributed by atoms with Crippen LogP contribution in [-0.2, 0) is 19.1 Å². The Morgan fingerprint density at radius 3 is 2.69 bits per heavy atom. The fourth-order valence-corrected chi connectivity index (χ4v) is 3.13. The number of nitrogens with one attached hydrogen (secondary N) is 3. The van der Waals surface area contributed by atoms with Crippen molar-refractivity contribution in [3.63, 3.8) is 0 Å². The summed E-state index contributed by atoms with van der Waals surface area (Å²) < 4.78 is 10.5. The fraction of sp³-hybridized carbons (Fsp3) is 0.706. The molecule has 26 heavy (non-hydrogen) atoms. The van der Waals surface area contributed by atoms with E-state index in [0.717, 1.165) is 25.7 Å². The number of carbonyl (C=O) groups excluding carboxylic acids is 2. The summed E-state index contributed by atoms with van der Waals surface area (Å²) in [5, 5.41) is 19.6. The van der Waals surface area contributed by atoms with Crippen molar-refractivity contribution in [2.75, 3.05) is 13.9 Å². The van der Waals surface area contributed by atoms with E-state index in [1.54, 1.807) is 19.4 Å². The molecule has 0 radical (unpaired) electrons. The van der Waals surface area contributed by atoms with Crippen LogP contribution in [0.4, 0.5) is 0 Å². The third-order valence-electron chi connectivity index (χ3n) is 4.94. The summed E-state index contributed by atoms with van der Waals surface area (Å²) in [6.45, 7) is 0.282. The summed E-state index contributed by atoms with van der Waals surface area (Å²) in [5.74, 6) is -0.790. The lowest BCUT2D eigenvalue weighted by Crippen LogP contribution is -2.53.